The number of hydrogen-bond donors (Lipinski definition) is 0. The first kappa shape index (κ1) is 14.0. The van der Waals surface area contributed by atoms with Crippen LogP contribution in [0.3, 0.4) is 0 Å². The van der Waals surface area contributed by atoms with E-state index in [0.717, 1.165) is 12.1 Å². The monoisotopic (exact) mass is 243 g/mol. The fourth-order valence-electron chi connectivity index (χ4n) is 1.66. The van der Waals surface area contributed by atoms with Crippen molar-refractivity contribution in [2.75, 3.05) is 14.2 Å². The van der Waals surface area contributed by atoms with Gasteiger partial charge in [0.25, 0.3) is 0 Å². The largest absolute Gasteiger partial charge is 0.495 e. The van der Waals surface area contributed by atoms with Crippen molar-refractivity contribution in [3.8, 4) is 17.9 Å². The molecule has 4 heteroatoms. The van der Waals surface area contributed by atoms with Gasteiger partial charge in [0.1, 0.15) is 11.8 Å². The Hall–Kier alpha value is -2.04. The highest BCUT2D eigenvalue weighted by atomic mass is 16.5. The predicted octanol–water partition coefficient (Wildman–Crippen LogP) is 2.30. The van der Waals surface area contributed by atoms with E-state index in [1.807, 2.05) is 26.1 Å². The smallest absolute Gasteiger partial charge is 0.136 e. The minimum atomic E-state index is 0.205. The van der Waals surface area contributed by atoms with Crippen LogP contribution in [0.15, 0.2) is 18.2 Å². The van der Waals surface area contributed by atoms with Crippen LogP contribution in [0.2, 0.25) is 0 Å². The number of ether oxygens (including phenoxy) is 1. The van der Waals surface area contributed by atoms with Crippen LogP contribution in [-0.2, 0) is 6.54 Å². The van der Waals surface area contributed by atoms with Crippen molar-refractivity contribution in [1.82, 2.24) is 4.90 Å². The number of hydrogen-bond acceptors (Lipinski definition) is 4. The van der Waals surface area contributed by atoms with Crippen LogP contribution in [0, 0.1) is 22.7 Å². The molecule has 1 rings (SSSR count). The van der Waals surface area contributed by atoms with E-state index in [1.165, 1.54) is 0 Å². The number of benzene rings is 1. The topological polar surface area (TPSA) is 60.0 Å². The predicted molar refractivity (Wildman–Crippen MR) is 68.9 cm³/mol. The van der Waals surface area contributed by atoms with Gasteiger partial charge in [0.2, 0.25) is 0 Å². The molecular weight excluding hydrogens is 226 g/mol. The quantitative estimate of drug-likeness (QED) is 0.796. The number of methoxy groups -OCH3 is 1. The van der Waals surface area contributed by atoms with E-state index in [-0.39, 0.29) is 6.04 Å². The average Bonchev–Trinajstić information content (AvgIpc) is 2.38. The molecule has 1 aromatic rings. The maximum absolute atomic E-state index is 8.90. The fraction of sp³-hybridized carbons (Fsp3) is 0.429. The van der Waals surface area contributed by atoms with Gasteiger partial charge < -0.3 is 4.74 Å². The summed E-state index contributed by atoms with van der Waals surface area (Å²) in [5.74, 6) is 0.594. The number of nitrogens with zero attached hydrogens (tertiary/aromatic N) is 3. The molecule has 1 unspecified atom stereocenters. The zero-order chi connectivity index (χ0) is 13.5. The van der Waals surface area contributed by atoms with Crippen LogP contribution in [0.4, 0.5) is 0 Å². The molecule has 0 fully saturated rings. The summed E-state index contributed by atoms with van der Waals surface area (Å²) in [5.41, 5.74) is 1.60. The van der Waals surface area contributed by atoms with Crippen LogP contribution in [-0.4, -0.2) is 25.1 Å². The van der Waals surface area contributed by atoms with Crippen molar-refractivity contribution < 1.29 is 4.74 Å². The highest BCUT2D eigenvalue weighted by Gasteiger charge is 2.10. The molecule has 0 N–H and O–H groups in total. The van der Waals surface area contributed by atoms with Gasteiger partial charge in [-0.25, -0.2) is 0 Å². The summed E-state index contributed by atoms with van der Waals surface area (Å²) in [7, 11) is 3.54. The molecule has 0 aliphatic heterocycles. The zero-order valence-electron chi connectivity index (χ0n) is 11.0. The Kier molecular flexibility index (Phi) is 5.17. The van der Waals surface area contributed by atoms with Crippen molar-refractivity contribution in [2.24, 2.45) is 0 Å². The summed E-state index contributed by atoms with van der Waals surface area (Å²) in [4.78, 5) is 2.10. The minimum Gasteiger partial charge on any atom is -0.495 e. The van der Waals surface area contributed by atoms with Gasteiger partial charge in [-0.1, -0.05) is 6.07 Å². The lowest BCUT2D eigenvalue weighted by atomic mass is 10.1. The molecule has 1 aromatic carbocycles. The lowest BCUT2D eigenvalue weighted by Gasteiger charge is -2.22. The van der Waals surface area contributed by atoms with E-state index in [4.69, 9.17) is 15.3 Å². The molecule has 18 heavy (non-hydrogen) atoms. The molecule has 0 spiro atoms. The molecule has 0 aliphatic rings. The summed E-state index contributed by atoms with van der Waals surface area (Å²) in [5, 5.41) is 17.6. The molecule has 0 saturated carbocycles. The van der Waals surface area contributed by atoms with Crippen molar-refractivity contribution >= 4 is 0 Å². The second kappa shape index (κ2) is 6.64. The van der Waals surface area contributed by atoms with Gasteiger partial charge in [0, 0.05) is 12.6 Å². The molecule has 4 nitrogen and oxygen atoms in total. The third kappa shape index (κ3) is 3.48. The summed E-state index contributed by atoms with van der Waals surface area (Å²) < 4.78 is 5.17. The van der Waals surface area contributed by atoms with E-state index in [1.54, 1.807) is 13.2 Å². The fourth-order valence-corrected chi connectivity index (χ4v) is 1.66. The molecule has 0 bridgehead atoms. The first-order chi connectivity index (χ1) is 8.62. The molecule has 1 atom stereocenters. The molecule has 0 heterocycles. The second-order valence-corrected chi connectivity index (χ2v) is 4.27. The van der Waals surface area contributed by atoms with Crippen LogP contribution in [0.1, 0.15) is 24.5 Å². The maximum Gasteiger partial charge on any atom is 0.136 e. The third-order valence-corrected chi connectivity index (χ3v) is 2.96. The van der Waals surface area contributed by atoms with E-state index in [0.29, 0.717) is 17.7 Å². The molecule has 94 valence electrons. The Balaban J connectivity index is 2.80. The van der Waals surface area contributed by atoms with Crippen molar-refractivity contribution in [3.63, 3.8) is 0 Å². The van der Waals surface area contributed by atoms with Gasteiger partial charge in [-0.05, 0) is 31.7 Å². The SMILES string of the molecule is COc1cc(CN(C)C(C)CC#N)ccc1C#N. The zero-order valence-corrected chi connectivity index (χ0v) is 11.0. The van der Waals surface area contributed by atoms with Crippen molar-refractivity contribution in [2.45, 2.75) is 25.9 Å². The van der Waals surface area contributed by atoms with E-state index >= 15 is 0 Å². The second-order valence-electron chi connectivity index (χ2n) is 4.27. The van der Waals surface area contributed by atoms with Gasteiger partial charge in [0.05, 0.1) is 25.2 Å². The number of nitriles is 2. The lowest BCUT2D eigenvalue weighted by molar-refractivity contribution is 0.252. The Bertz CT molecular complexity index is 485. The van der Waals surface area contributed by atoms with Gasteiger partial charge in [-0.15, -0.1) is 0 Å². The van der Waals surface area contributed by atoms with E-state index in [2.05, 4.69) is 17.0 Å². The highest BCUT2D eigenvalue weighted by molar-refractivity contribution is 5.45. The Morgan fingerprint density at radius 3 is 2.67 bits per heavy atom. The minimum absolute atomic E-state index is 0.205. The summed E-state index contributed by atoms with van der Waals surface area (Å²) in [6, 6.07) is 10.0. The van der Waals surface area contributed by atoms with Crippen LogP contribution < -0.4 is 4.74 Å². The van der Waals surface area contributed by atoms with Gasteiger partial charge in [0.15, 0.2) is 0 Å². The maximum atomic E-state index is 8.90. The average molecular weight is 243 g/mol. The highest BCUT2D eigenvalue weighted by Crippen LogP contribution is 2.20. The first-order valence-electron chi connectivity index (χ1n) is 5.76. The normalized spacial score (nSPS) is 11.7. The summed E-state index contributed by atoms with van der Waals surface area (Å²) in [6.07, 6.45) is 0.504. The van der Waals surface area contributed by atoms with Crippen LogP contribution >= 0.6 is 0 Å². The van der Waals surface area contributed by atoms with Gasteiger partial charge in [-0.3, -0.25) is 4.90 Å². The summed E-state index contributed by atoms with van der Waals surface area (Å²) >= 11 is 0. The van der Waals surface area contributed by atoms with Gasteiger partial charge in [-0.2, -0.15) is 10.5 Å². The Morgan fingerprint density at radius 2 is 2.11 bits per heavy atom. The third-order valence-electron chi connectivity index (χ3n) is 2.96. The summed E-state index contributed by atoms with van der Waals surface area (Å²) in [6.45, 7) is 2.75. The van der Waals surface area contributed by atoms with E-state index < -0.39 is 0 Å². The molecule has 0 radical (unpaired) electrons. The van der Waals surface area contributed by atoms with Crippen molar-refractivity contribution in [1.29, 1.82) is 10.5 Å². The van der Waals surface area contributed by atoms with Crippen LogP contribution in [0.25, 0.3) is 0 Å². The lowest BCUT2D eigenvalue weighted by Crippen LogP contribution is -2.28. The van der Waals surface area contributed by atoms with Crippen LogP contribution in [0.5, 0.6) is 5.75 Å². The number of rotatable bonds is 5. The molecule has 0 aliphatic carbocycles. The molecular formula is C14H17N3O. The Morgan fingerprint density at radius 1 is 1.39 bits per heavy atom. The Labute approximate surface area is 108 Å². The molecule has 0 amide bonds. The molecule has 0 saturated heterocycles. The van der Waals surface area contributed by atoms with E-state index in [9.17, 15) is 0 Å². The molecule has 0 aromatic heterocycles. The first-order valence-corrected chi connectivity index (χ1v) is 5.76. The van der Waals surface area contributed by atoms with Crippen molar-refractivity contribution in [3.05, 3.63) is 29.3 Å². The standard InChI is InChI=1S/C14H17N3O/c1-11(6-7-15)17(2)10-12-4-5-13(9-16)14(8-12)18-3/h4-5,8,11H,6,10H2,1-3H3. The van der Waals surface area contributed by atoms with Gasteiger partial charge >= 0.3 is 0 Å².